The molecular weight excluding hydrogens is 124 g/mol. The lowest BCUT2D eigenvalue weighted by Gasteiger charge is -3.07. The zero-order valence-corrected chi connectivity index (χ0v) is 5.70. The molecule has 0 amide bonds. The number of aliphatic hydroxyl groups excluding tert-OH is 1. The van der Waals surface area contributed by atoms with Crippen LogP contribution in [0.3, 0.4) is 0 Å². The Balaban J connectivity index is 1.79. The third-order valence-electron chi connectivity index (χ3n) is 5.96. The minimum Gasteiger partial charge on any atom is -0.396 e. The average Bonchev–Trinajstić information content (AvgIpc) is 2.05. The number of rotatable bonds is 1. The van der Waals surface area contributed by atoms with Crippen LogP contribution >= 0.6 is 0 Å². The first kappa shape index (κ1) is 4.10. The smallest absolute Gasteiger partial charge is 0.0496 e. The van der Waals surface area contributed by atoms with Gasteiger partial charge in [-0.25, -0.2) is 0 Å². The van der Waals surface area contributed by atoms with Crippen molar-refractivity contribution in [3.8, 4) is 0 Å². The van der Waals surface area contributed by atoms with Crippen LogP contribution in [0, 0.1) is 46.8 Å². The molecule has 1 nitrogen and oxygen atoms in total. The summed E-state index contributed by atoms with van der Waals surface area (Å²) >= 11 is 0. The lowest BCUT2D eigenvalue weighted by Crippen LogP contribution is -3.05. The van der Waals surface area contributed by atoms with E-state index in [1.165, 1.54) is 5.92 Å². The van der Waals surface area contributed by atoms with Gasteiger partial charge < -0.3 is 5.11 Å². The average molecular weight is 134 g/mol. The Morgan fingerprint density at radius 3 is 1.70 bits per heavy atom. The van der Waals surface area contributed by atoms with Gasteiger partial charge in [-0.3, -0.25) is 0 Å². The molecule has 0 aromatic heterocycles. The predicted molar refractivity (Wildman–Crippen MR) is 33.9 cm³/mol. The molecule has 0 unspecified atom stereocenters. The highest BCUT2D eigenvalue weighted by atomic mass is 16.3. The van der Waals surface area contributed by atoms with E-state index in [4.69, 9.17) is 0 Å². The zero-order chi connectivity index (χ0) is 6.25. The highest BCUT2D eigenvalue weighted by Crippen LogP contribution is 3.05. The summed E-state index contributed by atoms with van der Waals surface area (Å²) in [6.45, 7) is 0.531. The summed E-state index contributed by atoms with van der Waals surface area (Å²) in [5, 5.41) is 9.22. The van der Waals surface area contributed by atoms with E-state index in [9.17, 15) is 5.11 Å². The molecule has 52 valence electrons. The molecule has 6 aliphatic carbocycles. The van der Waals surface area contributed by atoms with Gasteiger partial charge in [0, 0.05) is 12.0 Å². The maximum Gasteiger partial charge on any atom is 0.0496 e. The fourth-order valence-electron chi connectivity index (χ4n) is 5.99. The summed E-state index contributed by atoms with van der Waals surface area (Å²) in [4.78, 5) is 0. The first-order valence-electron chi connectivity index (χ1n) is 4.54. The summed E-state index contributed by atoms with van der Waals surface area (Å²) < 4.78 is 0. The van der Waals surface area contributed by atoms with E-state index in [0.717, 1.165) is 35.5 Å². The van der Waals surface area contributed by atoms with Gasteiger partial charge in [-0.15, -0.1) is 0 Å². The van der Waals surface area contributed by atoms with Crippen molar-refractivity contribution < 1.29 is 5.11 Å². The predicted octanol–water partition coefficient (Wildman–Crippen LogP) is 0.347. The Morgan fingerprint density at radius 1 is 0.900 bits per heavy atom. The van der Waals surface area contributed by atoms with Crippen LogP contribution in [0.2, 0.25) is 0 Å². The van der Waals surface area contributed by atoms with Crippen molar-refractivity contribution in [3.05, 3.63) is 0 Å². The minimum atomic E-state index is 0.531. The Hall–Kier alpha value is -0.0400. The molecule has 0 spiro atoms. The van der Waals surface area contributed by atoms with Gasteiger partial charge in [0.2, 0.25) is 0 Å². The first-order valence-corrected chi connectivity index (χ1v) is 4.54. The fourth-order valence-corrected chi connectivity index (χ4v) is 5.99. The van der Waals surface area contributed by atoms with Crippen molar-refractivity contribution in [2.75, 3.05) is 6.61 Å². The van der Waals surface area contributed by atoms with Gasteiger partial charge in [0.1, 0.15) is 0 Å². The summed E-state index contributed by atoms with van der Waals surface area (Å²) in [7, 11) is 0. The van der Waals surface area contributed by atoms with Crippen LogP contribution in [0.4, 0.5) is 0 Å². The third-order valence-corrected chi connectivity index (χ3v) is 5.96. The summed E-state index contributed by atoms with van der Waals surface area (Å²) in [6, 6.07) is 0. The Morgan fingerprint density at radius 2 is 1.40 bits per heavy atom. The summed E-state index contributed by atoms with van der Waals surface area (Å²) in [5.74, 6) is 7.77. The van der Waals surface area contributed by atoms with E-state index in [1.807, 2.05) is 0 Å². The molecule has 6 aliphatic rings. The molecular formula is C9H10O. The molecule has 6 rings (SSSR count). The van der Waals surface area contributed by atoms with Crippen LogP contribution < -0.4 is 0 Å². The topological polar surface area (TPSA) is 20.2 Å². The normalized spacial score (nSPS) is 96.3. The largest absolute Gasteiger partial charge is 0.396 e. The summed E-state index contributed by atoms with van der Waals surface area (Å²) in [6.07, 6.45) is 0. The van der Waals surface area contributed by atoms with Crippen LogP contribution in [0.5, 0.6) is 0 Å². The number of hydrogen-bond acceptors (Lipinski definition) is 1. The third kappa shape index (κ3) is 0.119. The first-order chi connectivity index (χ1) is 4.93. The Bertz CT molecular complexity index is 219. The zero-order valence-electron chi connectivity index (χ0n) is 5.70. The molecule has 1 N–H and O–H groups in total. The van der Waals surface area contributed by atoms with Crippen molar-refractivity contribution in [3.63, 3.8) is 0 Å². The van der Waals surface area contributed by atoms with Crippen LogP contribution in [0.1, 0.15) is 0 Å². The van der Waals surface area contributed by atoms with Crippen molar-refractivity contribution in [2.45, 2.75) is 0 Å². The van der Waals surface area contributed by atoms with E-state index in [-0.39, 0.29) is 0 Å². The molecule has 0 atom stereocenters. The van der Waals surface area contributed by atoms with Gasteiger partial charge in [-0.2, -0.15) is 0 Å². The highest BCUT2D eigenvalue weighted by molar-refractivity contribution is 5.49. The van der Waals surface area contributed by atoms with E-state index in [2.05, 4.69) is 0 Å². The second-order valence-corrected chi connectivity index (χ2v) is 5.16. The highest BCUT2D eigenvalue weighted by Gasteiger charge is 3.03. The molecule has 0 bridgehead atoms. The van der Waals surface area contributed by atoms with E-state index >= 15 is 0 Å². The lowest BCUT2D eigenvalue weighted by molar-refractivity contribution is -0.617. The van der Waals surface area contributed by atoms with Gasteiger partial charge in [0.05, 0.1) is 0 Å². The monoisotopic (exact) mass is 134 g/mol. The van der Waals surface area contributed by atoms with Crippen LogP contribution in [-0.2, 0) is 0 Å². The Kier molecular flexibility index (Phi) is 0.298. The SMILES string of the molecule is OCC12C3C4C5C3C1C5C42. The fraction of sp³-hybridized carbons (Fsp3) is 1.00. The Labute approximate surface area is 59.4 Å². The molecule has 1 heteroatoms. The second kappa shape index (κ2) is 0.726. The maximum absolute atomic E-state index is 9.22. The molecule has 0 radical (unpaired) electrons. The van der Waals surface area contributed by atoms with Crippen LogP contribution in [0.15, 0.2) is 0 Å². The van der Waals surface area contributed by atoms with Crippen LogP contribution in [0.25, 0.3) is 0 Å². The molecule has 0 heterocycles. The van der Waals surface area contributed by atoms with E-state index in [1.54, 1.807) is 0 Å². The van der Waals surface area contributed by atoms with Gasteiger partial charge >= 0.3 is 0 Å². The summed E-state index contributed by atoms with van der Waals surface area (Å²) in [5.41, 5.74) is 0.564. The van der Waals surface area contributed by atoms with Crippen molar-refractivity contribution in [2.24, 2.45) is 46.8 Å². The standard InChI is InChI=1S/C9H10O/c10-1-9-6-3-2-4(6)8(9)5(2)7(3)9/h2-8,10H,1H2. The van der Waals surface area contributed by atoms with Gasteiger partial charge in [-0.1, -0.05) is 0 Å². The maximum atomic E-state index is 9.22. The van der Waals surface area contributed by atoms with E-state index < -0.39 is 0 Å². The lowest BCUT2D eigenvalue weighted by atomic mass is 8.97. The molecule has 0 aromatic rings. The molecule has 6 fully saturated rings. The van der Waals surface area contributed by atoms with Crippen molar-refractivity contribution in [1.82, 2.24) is 0 Å². The van der Waals surface area contributed by atoms with Gasteiger partial charge in [0.25, 0.3) is 0 Å². The number of aliphatic hydroxyl groups is 1. The molecule has 10 heavy (non-hydrogen) atoms. The molecule has 0 saturated heterocycles. The second-order valence-electron chi connectivity index (χ2n) is 5.16. The van der Waals surface area contributed by atoms with Gasteiger partial charge in [-0.05, 0) is 41.4 Å². The van der Waals surface area contributed by atoms with E-state index in [0.29, 0.717) is 12.0 Å². The number of hydrogen-bond donors (Lipinski definition) is 1. The molecule has 6 saturated carbocycles. The molecule has 0 aliphatic heterocycles. The van der Waals surface area contributed by atoms with Crippen molar-refractivity contribution in [1.29, 1.82) is 0 Å². The van der Waals surface area contributed by atoms with Gasteiger partial charge in [0.15, 0.2) is 0 Å². The quantitative estimate of drug-likeness (QED) is 0.548. The minimum absolute atomic E-state index is 0.531. The molecule has 0 aromatic carbocycles. The van der Waals surface area contributed by atoms with Crippen LogP contribution in [-0.4, -0.2) is 11.7 Å². The van der Waals surface area contributed by atoms with Crippen molar-refractivity contribution >= 4 is 0 Å².